The molecule has 1 aliphatic heterocycles. The Balaban J connectivity index is 1.32. The van der Waals surface area contributed by atoms with Crippen molar-refractivity contribution in [2.24, 2.45) is 11.8 Å². The van der Waals surface area contributed by atoms with Crippen LogP contribution in [-0.4, -0.2) is 42.8 Å². The molecular weight excluding hydrogens is 336 g/mol. The van der Waals surface area contributed by atoms with Gasteiger partial charge in [-0.2, -0.15) is 0 Å². The van der Waals surface area contributed by atoms with Crippen LogP contribution in [0.25, 0.3) is 11.0 Å². The average Bonchev–Trinajstić information content (AvgIpc) is 3.05. The quantitative estimate of drug-likeness (QED) is 0.804. The molecule has 0 N–H and O–H groups in total. The van der Waals surface area contributed by atoms with Crippen LogP contribution in [0.1, 0.15) is 39.0 Å². The van der Waals surface area contributed by atoms with Gasteiger partial charge >= 0.3 is 0 Å². The third-order valence-corrected chi connectivity index (χ3v) is 6.15. The molecule has 6 heteroatoms. The first-order valence-corrected chi connectivity index (χ1v) is 9.82. The van der Waals surface area contributed by atoms with Crippen molar-refractivity contribution in [3.05, 3.63) is 23.8 Å². The first-order chi connectivity index (χ1) is 12.6. The number of anilines is 1. The lowest BCUT2D eigenvalue weighted by molar-refractivity contribution is 0.208. The number of hydrogen-bond donors (Lipinski definition) is 0. The minimum absolute atomic E-state index is 0.299. The highest BCUT2D eigenvalue weighted by molar-refractivity contribution is 5.88. The Bertz CT molecular complexity index is 747. The van der Waals surface area contributed by atoms with Crippen molar-refractivity contribution in [2.45, 2.75) is 39.0 Å². The summed E-state index contributed by atoms with van der Waals surface area (Å²) >= 11 is 0. The van der Waals surface area contributed by atoms with Gasteiger partial charge < -0.3 is 9.42 Å². The number of rotatable bonds is 4. The summed E-state index contributed by atoms with van der Waals surface area (Å²) in [4.78, 5) is 4.62. The summed E-state index contributed by atoms with van der Waals surface area (Å²) < 4.78 is 32.1. The van der Waals surface area contributed by atoms with Crippen molar-refractivity contribution in [1.82, 2.24) is 10.1 Å². The largest absolute Gasteiger partial charge is 0.354 e. The fraction of sp³-hybridized carbons (Fsp3) is 0.650. The molecule has 0 radical (unpaired) electrons. The predicted molar refractivity (Wildman–Crippen MR) is 98.3 cm³/mol. The summed E-state index contributed by atoms with van der Waals surface area (Å²) in [5.74, 6) is 0.663. The summed E-state index contributed by atoms with van der Waals surface area (Å²) in [7, 11) is 0. The molecule has 1 saturated carbocycles. The summed E-state index contributed by atoms with van der Waals surface area (Å²) in [6.07, 6.45) is 6.83. The van der Waals surface area contributed by atoms with Crippen LogP contribution < -0.4 is 4.90 Å². The molecule has 2 fully saturated rings. The molecule has 0 bridgehead atoms. The third kappa shape index (κ3) is 3.70. The van der Waals surface area contributed by atoms with E-state index in [-0.39, 0.29) is 0 Å². The van der Waals surface area contributed by atoms with Crippen molar-refractivity contribution in [2.75, 3.05) is 37.6 Å². The summed E-state index contributed by atoms with van der Waals surface area (Å²) in [6.45, 7) is 7.14. The van der Waals surface area contributed by atoms with Gasteiger partial charge in [0, 0.05) is 32.2 Å². The van der Waals surface area contributed by atoms with Crippen LogP contribution >= 0.6 is 0 Å². The second-order valence-electron chi connectivity index (χ2n) is 8.01. The SMILES string of the molecule is CC1CCC(CCN2CCN(c3noc4cc(F)c(F)cc34)CC2)CC1. The maximum atomic E-state index is 13.6. The van der Waals surface area contributed by atoms with Crippen molar-refractivity contribution in [1.29, 1.82) is 0 Å². The van der Waals surface area contributed by atoms with Crippen LogP contribution in [0.15, 0.2) is 16.7 Å². The monoisotopic (exact) mass is 363 g/mol. The molecule has 26 heavy (non-hydrogen) atoms. The summed E-state index contributed by atoms with van der Waals surface area (Å²) in [6, 6.07) is 2.26. The molecule has 1 saturated heterocycles. The highest BCUT2D eigenvalue weighted by atomic mass is 19.2. The maximum Gasteiger partial charge on any atom is 0.180 e. The van der Waals surface area contributed by atoms with E-state index in [1.807, 2.05) is 0 Å². The zero-order chi connectivity index (χ0) is 18.1. The zero-order valence-electron chi connectivity index (χ0n) is 15.4. The molecule has 0 atom stereocenters. The van der Waals surface area contributed by atoms with Crippen LogP contribution in [0.3, 0.4) is 0 Å². The average molecular weight is 363 g/mol. The van der Waals surface area contributed by atoms with Gasteiger partial charge in [0.2, 0.25) is 0 Å². The van der Waals surface area contributed by atoms with Gasteiger partial charge in [-0.3, -0.25) is 4.90 Å². The lowest BCUT2D eigenvalue weighted by atomic mass is 9.81. The van der Waals surface area contributed by atoms with E-state index in [9.17, 15) is 8.78 Å². The maximum absolute atomic E-state index is 13.6. The number of aromatic nitrogens is 1. The highest BCUT2D eigenvalue weighted by Gasteiger charge is 2.24. The predicted octanol–water partition coefficient (Wildman–Crippen LogP) is 4.44. The molecule has 2 aliphatic rings. The highest BCUT2D eigenvalue weighted by Crippen LogP contribution is 2.31. The van der Waals surface area contributed by atoms with Crippen LogP contribution in [0.5, 0.6) is 0 Å². The summed E-state index contributed by atoms with van der Waals surface area (Å²) in [5.41, 5.74) is 0.299. The molecule has 2 heterocycles. The number of benzene rings is 1. The first-order valence-electron chi connectivity index (χ1n) is 9.82. The molecule has 1 aromatic heterocycles. The minimum Gasteiger partial charge on any atom is -0.354 e. The number of nitrogens with zero attached hydrogens (tertiary/aromatic N) is 3. The Kier molecular flexibility index (Phi) is 5.11. The van der Waals surface area contributed by atoms with Crippen molar-refractivity contribution in [3.8, 4) is 0 Å². The standard InChI is InChI=1S/C20H27F2N3O/c1-14-2-4-15(5-3-14)6-7-24-8-10-25(11-9-24)20-16-12-17(21)18(22)13-19(16)26-23-20/h12-15H,2-11H2,1H3. The molecule has 0 unspecified atom stereocenters. The minimum atomic E-state index is -0.901. The number of fused-ring (bicyclic) bond motifs is 1. The molecule has 0 spiro atoms. The van der Waals surface area contributed by atoms with E-state index < -0.39 is 11.6 Å². The van der Waals surface area contributed by atoms with Gasteiger partial charge in [0.1, 0.15) is 0 Å². The zero-order valence-corrected chi connectivity index (χ0v) is 15.4. The summed E-state index contributed by atoms with van der Waals surface area (Å²) in [5, 5.41) is 4.60. The van der Waals surface area contributed by atoms with Crippen molar-refractivity contribution < 1.29 is 13.3 Å². The molecular formula is C20H27F2N3O. The molecule has 4 nitrogen and oxygen atoms in total. The van der Waals surface area contributed by atoms with Gasteiger partial charge in [0.15, 0.2) is 23.0 Å². The van der Waals surface area contributed by atoms with E-state index in [0.29, 0.717) is 16.8 Å². The Morgan fingerprint density at radius 2 is 1.73 bits per heavy atom. The molecule has 2 aromatic rings. The molecule has 1 aliphatic carbocycles. The van der Waals surface area contributed by atoms with Crippen LogP contribution in [0.4, 0.5) is 14.6 Å². The van der Waals surface area contributed by atoms with Gasteiger partial charge in [-0.15, -0.1) is 0 Å². The van der Waals surface area contributed by atoms with E-state index in [1.54, 1.807) is 0 Å². The lowest BCUT2D eigenvalue weighted by Crippen LogP contribution is -2.47. The topological polar surface area (TPSA) is 32.5 Å². The van der Waals surface area contributed by atoms with Crippen LogP contribution in [-0.2, 0) is 0 Å². The van der Waals surface area contributed by atoms with Crippen molar-refractivity contribution in [3.63, 3.8) is 0 Å². The van der Waals surface area contributed by atoms with Gasteiger partial charge in [-0.1, -0.05) is 37.8 Å². The number of hydrogen-bond acceptors (Lipinski definition) is 4. The van der Waals surface area contributed by atoms with Gasteiger partial charge in [0.05, 0.1) is 5.39 Å². The van der Waals surface area contributed by atoms with E-state index in [0.717, 1.165) is 50.6 Å². The van der Waals surface area contributed by atoms with E-state index >= 15 is 0 Å². The molecule has 4 rings (SSSR count). The smallest absolute Gasteiger partial charge is 0.180 e. The second kappa shape index (κ2) is 7.51. The Morgan fingerprint density at radius 1 is 1.04 bits per heavy atom. The van der Waals surface area contributed by atoms with E-state index in [1.165, 1.54) is 38.2 Å². The van der Waals surface area contributed by atoms with Crippen molar-refractivity contribution >= 4 is 16.8 Å². The van der Waals surface area contributed by atoms with E-state index in [4.69, 9.17) is 4.52 Å². The molecule has 0 amide bonds. The molecule has 1 aromatic carbocycles. The van der Waals surface area contributed by atoms with Gasteiger partial charge in [0.25, 0.3) is 0 Å². The lowest BCUT2D eigenvalue weighted by Gasteiger charge is -2.36. The Morgan fingerprint density at radius 3 is 2.46 bits per heavy atom. The Labute approximate surface area is 153 Å². The number of piperazine rings is 1. The number of halogens is 2. The Hall–Kier alpha value is -1.69. The first kappa shape index (κ1) is 17.7. The molecule has 142 valence electrons. The third-order valence-electron chi connectivity index (χ3n) is 6.15. The van der Waals surface area contributed by atoms with Crippen LogP contribution in [0, 0.1) is 23.5 Å². The van der Waals surface area contributed by atoms with Gasteiger partial charge in [-0.05, 0) is 30.9 Å². The fourth-order valence-corrected chi connectivity index (χ4v) is 4.31. The normalized spacial score (nSPS) is 25.1. The fourth-order valence-electron chi connectivity index (χ4n) is 4.31. The van der Waals surface area contributed by atoms with E-state index in [2.05, 4.69) is 21.9 Å². The van der Waals surface area contributed by atoms with Crippen LogP contribution in [0.2, 0.25) is 0 Å². The second-order valence-corrected chi connectivity index (χ2v) is 8.01. The van der Waals surface area contributed by atoms with Gasteiger partial charge in [-0.25, -0.2) is 8.78 Å².